The highest BCUT2D eigenvalue weighted by atomic mass is 79.9. The third-order valence-corrected chi connectivity index (χ3v) is 2.71. The lowest BCUT2D eigenvalue weighted by Crippen LogP contribution is -2.07. The molecular formula is C11H11BrF2O3. The lowest BCUT2D eigenvalue weighted by molar-refractivity contribution is -0.140. The molecular weight excluding hydrogens is 298 g/mol. The van der Waals surface area contributed by atoms with Gasteiger partial charge in [0.15, 0.2) is 0 Å². The number of rotatable bonds is 5. The van der Waals surface area contributed by atoms with Crippen LogP contribution in [0.5, 0.6) is 5.75 Å². The fourth-order valence-corrected chi connectivity index (χ4v) is 1.81. The highest BCUT2D eigenvalue weighted by Crippen LogP contribution is 2.31. The number of halogens is 3. The number of carbonyl (C=O) groups excluding carboxylic acids is 1. The summed E-state index contributed by atoms with van der Waals surface area (Å²) in [6.45, 7) is -2.90. The molecule has 0 bridgehead atoms. The highest BCUT2D eigenvalue weighted by molar-refractivity contribution is 9.10. The molecule has 0 atom stereocenters. The SMILES string of the molecule is COC(=O)CCc1cccc(Br)c1OC(F)F. The third-order valence-electron chi connectivity index (χ3n) is 2.08. The van der Waals surface area contributed by atoms with Crippen molar-refractivity contribution in [2.75, 3.05) is 7.11 Å². The van der Waals surface area contributed by atoms with Crippen molar-refractivity contribution in [3.05, 3.63) is 28.2 Å². The predicted octanol–water partition coefficient (Wildman–Crippen LogP) is 3.16. The van der Waals surface area contributed by atoms with E-state index in [0.29, 0.717) is 10.0 Å². The fraction of sp³-hybridized carbons (Fsp3) is 0.364. The minimum Gasteiger partial charge on any atom is -0.469 e. The Morgan fingerprint density at radius 3 is 2.76 bits per heavy atom. The van der Waals surface area contributed by atoms with E-state index in [2.05, 4.69) is 25.4 Å². The molecule has 0 aliphatic heterocycles. The van der Waals surface area contributed by atoms with E-state index in [0.717, 1.165) is 0 Å². The van der Waals surface area contributed by atoms with Gasteiger partial charge in [-0.3, -0.25) is 4.79 Å². The van der Waals surface area contributed by atoms with Gasteiger partial charge in [-0.15, -0.1) is 0 Å². The Morgan fingerprint density at radius 1 is 1.47 bits per heavy atom. The van der Waals surface area contributed by atoms with Crippen molar-refractivity contribution in [1.29, 1.82) is 0 Å². The Balaban J connectivity index is 2.82. The molecule has 1 aromatic carbocycles. The van der Waals surface area contributed by atoms with Crippen molar-refractivity contribution in [1.82, 2.24) is 0 Å². The number of hydrogen-bond acceptors (Lipinski definition) is 3. The summed E-state index contributed by atoms with van der Waals surface area (Å²) < 4.78 is 33.7. The summed E-state index contributed by atoms with van der Waals surface area (Å²) in [7, 11) is 1.28. The van der Waals surface area contributed by atoms with Crippen LogP contribution in [0.3, 0.4) is 0 Å². The number of hydrogen-bond donors (Lipinski definition) is 0. The Hall–Kier alpha value is -1.17. The summed E-state index contributed by atoms with van der Waals surface area (Å²) in [4.78, 5) is 11.0. The highest BCUT2D eigenvalue weighted by Gasteiger charge is 2.14. The topological polar surface area (TPSA) is 35.5 Å². The molecule has 0 unspecified atom stereocenters. The molecule has 0 radical (unpaired) electrons. The van der Waals surface area contributed by atoms with E-state index in [9.17, 15) is 13.6 Å². The number of carbonyl (C=O) groups is 1. The van der Waals surface area contributed by atoms with Crippen molar-refractivity contribution in [3.8, 4) is 5.75 Å². The van der Waals surface area contributed by atoms with E-state index in [1.165, 1.54) is 7.11 Å². The van der Waals surface area contributed by atoms with E-state index in [1.807, 2.05) is 0 Å². The molecule has 6 heteroatoms. The zero-order chi connectivity index (χ0) is 12.8. The van der Waals surface area contributed by atoms with E-state index in [1.54, 1.807) is 18.2 Å². The van der Waals surface area contributed by atoms with Crippen LogP contribution in [-0.4, -0.2) is 19.7 Å². The summed E-state index contributed by atoms with van der Waals surface area (Å²) in [5.41, 5.74) is 0.532. The Morgan fingerprint density at radius 2 is 2.18 bits per heavy atom. The van der Waals surface area contributed by atoms with Gasteiger partial charge in [0.2, 0.25) is 0 Å². The summed E-state index contributed by atoms with van der Waals surface area (Å²) >= 11 is 3.13. The van der Waals surface area contributed by atoms with Gasteiger partial charge in [0.1, 0.15) is 5.75 Å². The van der Waals surface area contributed by atoms with Crippen LogP contribution in [0.1, 0.15) is 12.0 Å². The second kappa shape index (κ2) is 6.54. The minimum absolute atomic E-state index is 0.0615. The standard InChI is InChI=1S/C11H11BrF2O3/c1-16-9(15)6-5-7-3-2-4-8(12)10(7)17-11(13)14/h2-4,11H,5-6H2,1H3. The first-order valence-electron chi connectivity index (χ1n) is 4.83. The predicted molar refractivity (Wildman–Crippen MR) is 61.1 cm³/mol. The summed E-state index contributed by atoms with van der Waals surface area (Å²) in [6.07, 6.45) is 0.403. The summed E-state index contributed by atoms with van der Waals surface area (Å²) in [5, 5.41) is 0. The Bertz CT molecular complexity index is 396. The zero-order valence-corrected chi connectivity index (χ0v) is 10.7. The first-order chi connectivity index (χ1) is 8.04. The van der Waals surface area contributed by atoms with Gasteiger partial charge in [0, 0.05) is 6.42 Å². The van der Waals surface area contributed by atoms with E-state index < -0.39 is 12.6 Å². The third kappa shape index (κ3) is 4.30. The van der Waals surface area contributed by atoms with Gasteiger partial charge in [0.05, 0.1) is 11.6 Å². The van der Waals surface area contributed by atoms with Gasteiger partial charge in [-0.05, 0) is 34.0 Å². The molecule has 0 amide bonds. The van der Waals surface area contributed by atoms with Crippen LogP contribution < -0.4 is 4.74 Å². The molecule has 0 saturated carbocycles. The average Bonchev–Trinajstić information content (AvgIpc) is 2.29. The van der Waals surface area contributed by atoms with Gasteiger partial charge in [0.25, 0.3) is 0 Å². The monoisotopic (exact) mass is 308 g/mol. The quantitative estimate of drug-likeness (QED) is 0.784. The number of para-hydroxylation sites is 1. The molecule has 0 heterocycles. The molecule has 17 heavy (non-hydrogen) atoms. The van der Waals surface area contributed by atoms with Crippen LogP contribution in [0.2, 0.25) is 0 Å². The van der Waals surface area contributed by atoms with E-state index in [4.69, 9.17) is 0 Å². The number of esters is 1. The van der Waals surface area contributed by atoms with Crippen molar-refractivity contribution < 1.29 is 23.0 Å². The smallest absolute Gasteiger partial charge is 0.387 e. The molecule has 1 aromatic rings. The second-order valence-electron chi connectivity index (χ2n) is 3.18. The van der Waals surface area contributed by atoms with Crippen LogP contribution in [-0.2, 0) is 16.0 Å². The molecule has 0 aromatic heterocycles. The summed E-state index contributed by atoms with van der Waals surface area (Å²) in [6, 6.07) is 4.92. The Labute approximate surface area is 106 Å². The molecule has 1 rings (SSSR count). The molecule has 94 valence electrons. The molecule has 0 fully saturated rings. The average molecular weight is 309 g/mol. The van der Waals surface area contributed by atoms with Gasteiger partial charge >= 0.3 is 12.6 Å². The molecule has 0 aliphatic carbocycles. The lowest BCUT2D eigenvalue weighted by Gasteiger charge is -2.11. The van der Waals surface area contributed by atoms with Crippen LogP contribution in [0.25, 0.3) is 0 Å². The first-order valence-corrected chi connectivity index (χ1v) is 5.63. The van der Waals surface area contributed by atoms with Crippen LogP contribution in [0.4, 0.5) is 8.78 Å². The van der Waals surface area contributed by atoms with E-state index in [-0.39, 0.29) is 18.6 Å². The minimum atomic E-state index is -2.90. The maximum Gasteiger partial charge on any atom is 0.387 e. The maximum atomic E-state index is 12.2. The number of methoxy groups -OCH3 is 1. The van der Waals surface area contributed by atoms with Gasteiger partial charge in [-0.1, -0.05) is 12.1 Å². The Kier molecular flexibility index (Phi) is 5.34. The van der Waals surface area contributed by atoms with Gasteiger partial charge < -0.3 is 9.47 Å². The molecule has 0 spiro atoms. The van der Waals surface area contributed by atoms with Crippen molar-refractivity contribution in [2.24, 2.45) is 0 Å². The number of aryl methyl sites for hydroxylation is 1. The fourth-order valence-electron chi connectivity index (χ4n) is 1.31. The second-order valence-corrected chi connectivity index (χ2v) is 4.04. The van der Waals surface area contributed by atoms with Gasteiger partial charge in [-0.25, -0.2) is 0 Å². The molecule has 3 nitrogen and oxygen atoms in total. The van der Waals surface area contributed by atoms with Crippen molar-refractivity contribution in [2.45, 2.75) is 19.5 Å². The molecule has 0 saturated heterocycles. The molecule has 0 aliphatic rings. The van der Waals surface area contributed by atoms with Crippen molar-refractivity contribution >= 4 is 21.9 Å². The number of alkyl halides is 2. The number of ether oxygens (including phenoxy) is 2. The van der Waals surface area contributed by atoms with Crippen LogP contribution in [0, 0.1) is 0 Å². The van der Waals surface area contributed by atoms with E-state index >= 15 is 0 Å². The molecule has 0 N–H and O–H groups in total. The number of benzene rings is 1. The normalized spacial score (nSPS) is 10.4. The lowest BCUT2D eigenvalue weighted by atomic mass is 10.1. The van der Waals surface area contributed by atoms with Crippen LogP contribution in [0.15, 0.2) is 22.7 Å². The summed E-state index contributed by atoms with van der Waals surface area (Å²) in [5.74, 6) is -0.334. The zero-order valence-electron chi connectivity index (χ0n) is 9.08. The van der Waals surface area contributed by atoms with Gasteiger partial charge in [-0.2, -0.15) is 8.78 Å². The van der Waals surface area contributed by atoms with Crippen molar-refractivity contribution in [3.63, 3.8) is 0 Å². The first kappa shape index (κ1) is 13.9. The maximum absolute atomic E-state index is 12.2. The largest absolute Gasteiger partial charge is 0.469 e. The van der Waals surface area contributed by atoms with Crippen LogP contribution >= 0.6 is 15.9 Å².